The van der Waals surface area contributed by atoms with Crippen molar-refractivity contribution in [1.29, 1.82) is 0 Å². The molecular weight excluding hydrogens is 246 g/mol. The van der Waals surface area contributed by atoms with Gasteiger partial charge in [0, 0.05) is 24.6 Å². The molecule has 0 amide bonds. The van der Waals surface area contributed by atoms with Gasteiger partial charge in [-0.2, -0.15) is 0 Å². The van der Waals surface area contributed by atoms with Gasteiger partial charge in [0.15, 0.2) is 0 Å². The molecule has 0 saturated heterocycles. The largest absolute Gasteiger partial charge is 0.508 e. The minimum Gasteiger partial charge on any atom is -0.508 e. The number of phenolic OH excluding ortho intramolecular Hbond substituents is 1. The summed E-state index contributed by atoms with van der Waals surface area (Å²) in [7, 11) is 0. The average Bonchev–Trinajstić information content (AvgIpc) is 2.51. The standard InChI is InChI=1S/C18H21NO/c1-3-19-11-15(14-7-5-4-6-8-14)18-13(2)9-10-17(20)16(18)12-19/h4-10,15,20H,3,11-12H2,1-2H3. The Kier molecular flexibility index (Phi) is 3.49. The first-order valence-electron chi connectivity index (χ1n) is 7.29. The van der Waals surface area contributed by atoms with E-state index >= 15 is 0 Å². The maximum absolute atomic E-state index is 10.2. The molecule has 1 N–H and O–H groups in total. The molecule has 1 atom stereocenters. The average molecular weight is 267 g/mol. The second-order valence-electron chi connectivity index (χ2n) is 5.58. The first-order valence-corrected chi connectivity index (χ1v) is 7.29. The van der Waals surface area contributed by atoms with E-state index < -0.39 is 0 Å². The van der Waals surface area contributed by atoms with Crippen molar-refractivity contribution in [3.05, 3.63) is 64.7 Å². The number of hydrogen-bond acceptors (Lipinski definition) is 2. The molecule has 0 fully saturated rings. The van der Waals surface area contributed by atoms with Crippen molar-refractivity contribution in [2.24, 2.45) is 0 Å². The van der Waals surface area contributed by atoms with Gasteiger partial charge in [-0.25, -0.2) is 0 Å². The Morgan fingerprint density at radius 1 is 1.15 bits per heavy atom. The van der Waals surface area contributed by atoms with Gasteiger partial charge in [0.1, 0.15) is 5.75 Å². The monoisotopic (exact) mass is 267 g/mol. The van der Waals surface area contributed by atoms with E-state index in [-0.39, 0.29) is 0 Å². The number of nitrogens with zero attached hydrogens (tertiary/aromatic N) is 1. The van der Waals surface area contributed by atoms with Crippen molar-refractivity contribution in [3.8, 4) is 5.75 Å². The van der Waals surface area contributed by atoms with Gasteiger partial charge in [0.25, 0.3) is 0 Å². The second kappa shape index (κ2) is 5.29. The molecule has 0 bridgehead atoms. The van der Waals surface area contributed by atoms with E-state index in [4.69, 9.17) is 0 Å². The molecule has 104 valence electrons. The van der Waals surface area contributed by atoms with Gasteiger partial charge in [-0.15, -0.1) is 0 Å². The van der Waals surface area contributed by atoms with E-state index in [1.54, 1.807) is 0 Å². The molecule has 2 heteroatoms. The lowest BCUT2D eigenvalue weighted by atomic mass is 9.81. The van der Waals surface area contributed by atoms with Gasteiger partial charge < -0.3 is 5.11 Å². The summed E-state index contributed by atoms with van der Waals surface area (Å²) in [4.78, 5) is 2.40. The van der Waals surface area contributed by atoms with Crippen LogP contribution in [0.5, 0.6) is 5.75 Å². The van der Waals surface area contributed by atoms with Crippen molar-refractivity contribution in [3.63, 3.8) is 0 Å². The fourth-order valence-corrected chi connectivity index (χ4v) is 3.26. The van der Waals surface area contributed by atoms with Crippen LogP contribution in [0.3, 0.4) is 0 Å². The third-order valence-electron chi connectivity index (χ3n) is 4.37. The highest BCUT2D eigenvalue weighted by molar-refractivity contribution is 5.50. The molecule has 20 heavy (non-hydrogen) atoms. The van der Waals surface area contributed by atoms with Crippen molar-refractivity contribution >= 4 is 0 Å². The Hall–Kier alpha value is -1.80. The SMILES string of the molecule is CCN1Cc2c(O)ccc(C)c2C(c2ccccc2)C1. The summed E-state index contributed by atoms with van der Waals surface area (Å²) < 4.78 is 0. The van der Waals surface area contributed by atoms with Crippen molar-refractivity contribution in [2.45, 2.75) is 26.3 Å². The maximum Gasteiger partial charge on any atom is 0.120 e. The third-order valence-corrected chi connectivity index (χ3v) is 4.37. The minimum atomic E-state index is 0.354. The normalized spacial score (nSPS) is 18.8. The summed E-state index contributed by atoms with van der Waals surface area (Å²) in [6.07, 6.45) is 0. The second-order valence-corrected chi connectivity index (χ2v) is 5.58. The Morgan fingerprint density at radius 3 is 2.60 bits per heavy atom. The number of aryl methyl sites for hydroxylation is 1. The van der Waals surface area contributed by atoms with Gasteiger partial charge in [0.2, 0.25) is 0 Å². The predicted molar refractivity (Wildman–Crippen MR) is 82.1 cm³/mol. The number of likely N-dealkylation sites (N-methyl/N-ethyl adjacent to an activating group) is 1. The maximum atomic E-state index is 10.2. The lowest BCUT2D eigenvalue weighted by Crippen LogP contribution is -2.34. The van der Waals surface area contributed by atoms with Gasteiger partial charge in [-0.3, -0.25) is 4.90 Å². The highest BCUT2D eigenvalue weighted by atomic mass is 16.3. The van der Waals surface area contributed by atoms with E-state index in [0.717, 1.165) is 25.2 Å². The third kappa shape index (κ3) is 2.20. The van der Waals surface area contributed by atoms with E-state index in [0.29, 0.717) is 11.7 Å². The fraction of sp³-hybridized carbons (Fsp3) is 0.333. The summed E-state index contributed by atoms with van der Waals surface area (Å²) >= 11 is 0. The number of phenols is 1. The Morgan fingerprint density at radius 2 is 1.90 bits per heavy atom. The lowest BCUT2D eigenvalue weighted by Gasteiger charge is -2.35. The van der Waals surface area contributed by atoms with E-state index in [9.17, 15) is 5.11 Å². The van der Waals surface area contributed by atoms with Crippen LogP contribution in [0, 0.1) is 6.92 Å². The Balaban J connectivity index is 2.15. The van der Waals surface area contributed by atoms with Crippen LogP contribution in [-0.4, -0.2) is 23.1 Å². The molecule has 1 unspecified atom stereocenters. The van der Waals surface area contributed by atoms with Crippen molar-refractivity contribution in [2.75, 3.05) is 13.1 Å². The van der Waals surface area contributed by atoms with Crippen LogP contribution < -0.4 is 0 Å². The zero-order valence-corrected chi connectivity index (χ0v) is 12.1. The minimum absolute atomic E-state index is 0.354. The van der Waals surface area contributed by atoms with Gasteiger partial charge in [-0.05, 0) is 36.2 Å². The summed E-state index contributed by atoms with van der Waals surface area (Å²) in [5, 5.41) is 10.2. The first kappa shape index (κ1) is 13.2. The number of benzene rings is 2. The van der Waals surface area contributed by atoms with Crippen LogP contribution in [0.4, 0.5) is 0 Å². The Labute approximate surface area is 120 Å². The summed E-state index contributed by atoms with van der Waals surface area (Å²) in [5.41, 5.74) is 5.04. The van der Waals surface area contributed by atoms with E-state index in [1.807, 2.05) is 12.1 Å². The molecule has 2 aromatic carbocycles. The van der Waals surface area contributed by atoms with E-state index in [1.165, 1.54) is 16.7 Å². The molecule has 2 aromatic rings. The zero-order valence-electron chi connectivity index (χ0n) is 12.1. The van der Waals surface area contributed by atoms with Crippen LogP contribution >= 0.6 is 0 Å². The Bertz CT molecular complexity index is 606. The molecule has 1 aliphatic heterocycles. The molecule has 2 nitrogen and oxygen atoms in total. The fourth-order valence-electron chi connectivity index (χ4n) is 3.26. The molecular formula is C18H21NO. The highest BCUT2D eigenvalue weighted by Gasteiger charge is 2.28. The molecule has 1 aliphatic rings. The van der Waals surface area contributed by atoms with Gasteiger partial charge in [0.05, 0.1) is 0 Å². The number of rotatable bonds is 2. The van der Waals surface area contributed by atoms with Crippen molar-refractivity contribution in [1.82, 2.24) is 4.90 Å². The van der Waals surface area contributed by atoms with E-state index in [2.05, 4.69) is 49.1 Å². The lowest BCUT2D eigenvalue weighted by molar-refractivity contribution is 0.248. The summed E-state index contributed by atoms with van der Waals surface area (Å²) in [6, 6.07) is 14.5. The first-order chi connectivity index (χ1) is 9.70. The van der Waals surface area contributed by atoms with Crippen LogP contribution in [0.1, 0.15) is 35.1 Å². The molecule has 0 aliphatic carbocycles. The molecule has 0 saturated carbocycles. The molecule has 0 aromatic heterocycles. The topological polar surface area (TPSA) is 23.5 Å². The van der Waals surface area contributed by atoms with Gasteiger partial charge >= 0.3 is 0 Å². The number of hydrogen-bond donors (Lipinski definition) is 1. The smallest absolute Gasteiger partial charge is 0.120 e. The zero-order chi connectivity index (χ0) is 14.1. The number of fused-ring (bicyclic) bond motifs is 1. The van der Waals surface area contributed by atoms with Crippen LogP contribution in [-0.2, 0) is 6.54 Å². The van der Waals surface area contributed by atoms with Crippen LogP contribution in [0.15, 0.2) is 42.5 Å². The quantitative estimate of drug-likeness (QED) is 0.897. The van der Waals surface area contributed by atoms with Crippen molar-refractivity contribution < 1.29 is 5.11 Å². The summed E-state index contributed by atoms with van der Waals surface area (Å²) in [5.74, 6) is 0.789. The number of aromatic hydroxyl groups is 1. The molecule has 1 heterocycles. The molecule has 0 radical (unpaired) electrons. The van der Waals surface area contributed by atoms with Crippen LogP contribution in [0.25, 0.3) is 0 Å². The molecule has 0 spiro atoms. The van der Waals surface area contributed by atoms with Gasteiger partial charge in [-0.1, -0.05) is 43.3 Å². The molecule has 3 rings (SSSR count). The predicted octanol–water partition coefficient (Wildman–Crippen LogP) is 3.67. The van der Waals surface area contributed by atoms with Crippen LogP contribution in [0.2, 0.25) is 0 Å². The summed E-state index contributed by atoms with van der Waals surface area (Å²) in [6.45, 7) is 7.21. The highest BCUT2D eigenvalue weighted by Crippen LogP contribution is 2.39.